The number of fused-ring (bicyclic) bond motifs is 1. The maximum Gasteiger partial charge on any atom is 0.341 e. The topological polar surface area (TPSA) is 129 Å². The Morgan fingerprint density at radius 2 is 1.84 bits per heavy atom. The van der Waals surface area contributed by atoms with Gasteiger partial charge < -0.3 is 24.0 Å². The summed E-state index contributed by atoms with van der Waals surface area (Å²) in [6.07, 6.45) is 7.09. The van der Waals surface area contributed by atoms with Crippen LogP contribution < -0.4 is 14.5 Å². The molecule has 198 valence electrons. The van der Waals surface area contributed by atoms with Crippen LogP contribution in [0.5, 0.6) is 6.01 Å². The number of carbonyl (C=O) groups excluding carboxylic acids is 1. The van der Waals surface area contributed by atoms with E-state index >= 15 is 0 Å². The molecule has 38 heavy (non-hydrogen) atoms. The molecule has 0 atom stereocenters. The number of morpholine rings is 1. The molecule has 5 rings (SSSR count). The van der Waals surface area contributed by atoms with E-state index in [9.17, 15) is 4.79 Å². The molecule has 1 fully saturated rings. The first kappa shape index (κ1) is 25.7. The van der Waals surface area contributed by atoms with Crippen molar-refractivity contribution >= 4 is 39.3 Å². The third-order valence-corrected chi connectivity index (χ3v) is 7.15. The van der Waals surface area contributed by atoms with Crippen LogP contribution in [0.4, 0.5) is 11.8 Å². The molecule has 4 aromatic rings. The minimum atomic E-state index is -0.426. The molecule has 0 radical (unpaired) electrons. The Kier molecular flexibility index (Phi) is 7.84. The van der Waals surface area contributed by atoms with Crippen molar-refractivity contribution in [2.45, 2.75) is 13.3 Å². The number of esters is 1. The van der Waals surface area contributed by atoms with E-state index in [0.717, 1.165) is 41.1 Å². The van der Waals surface area contributed by atoms with Crippen molar-refractivity contribution in [3.63, 3.8) is 0 Å². The largest absolute Gasteiger partial charge is 0.467 e. The zero-order valence-electron chi connectivity index (χ0n) is 21.5. The van der Waals surface area contributed by atoms with Gasteiger partial charge in [0.25, 0.3) is 0 Å². The number of rotatable bonds is 9. The van der Waals surface area contributed by atoms with Gasteiger partial charge in [0, 0.05) is 56.3 Å². The molecule has 0 bridgehead atoms. The van der Waals surface area contributed by atoms with Crippen LogP contribution in [0, 0.1) is 0 Å². The van der Waals surface area contributed by atoms with Gasteiger partial charge in [0.05, 0.1) is 48.3 Å². The Morgan fingerprint density at radius 3 is 2.53 bits per heavy atom. The SMILES string of the molecule is CCOC(=O)c1cnc(N(C)CCc2cc3nc(-c4cnc(OC)nc4)nc(N4CCOCC4)c3s2)nc1. The normalized spacial score (nSPS) is 13.5. The molecule has 0 aliphatic carbocycles. The van der Waals surface area contributed by atoms with Gasteiger partial charge in [-0.05, 0) is 19.4 Å². The summed E-state index contributed by atoms with van der Waals surface area (Å²) in [4.78, 5) is 44.1. The molecule has 0 aromatic carbocycles. The monoisotopic (exact) mass is 536 g/mol. The van der Waals surface area contributed by atoms with Gasteiger partial charge in [-0.2, -0.15) is 0 Å². The number of likely N-dealkylation sites (N-methyl/N-ethyl adjacent to an activating group) is 1. The van der Waals surface area contributed by atoms with Gasteiger partial charge in [-0.3, -0.25) is 0 Å². The Bertz CT molecular complexity index is 1390. The van der Waals surface area contributed by atoms with E-state index in [1.807, 2.05) is 11.9 Å². The van der Waals surface area contributed by atoms with Gasteiger partial charge in [0.15, 0.2) is 11.6 Å². The van der Waals surface area contributed by atoms with Crippen molar-refractivity contribution in [1.82, 2.24) is 29.9 Å². The molecule has 0 saturated carbocycles. The Labute approximate surface area is 223 Å². The van der Waals surface area contributed by atoms with Crippen LogP contribution >= 0.6 is 11.3 Å². The second kappa shape index (κ2) is 11.6. The first-order valence-electron chi connectivity index (χ1n) is 12.3. The van der Waals surface area contributed by atoms with Crippen LogP contribution in [0.2, 0.25) is 0 Å². The van der Waals surface area contributed by atoms with Crippen LogP contribution in [-0.2, 0) is 15.9 Å². The predicted molar refractivity (Wildman–Crippen MR) is 143 cm³/mol. The summed E-state index contributed by atoms with van der Waals surface area (Å²) in [5.41, 5.74) is 1.93. The number of ether oxygens (including phenoxy) is 3. The van der Waals surface area contributed by atoms with Gasteiger partial charge in [-0.1, -0.05) is 0 Å². The van der Waals surface area contributed by atoms with E-state index in [1.165, 1.54) is 24.4 Å². The lowest BCUT2D eigenvalue weighted by Crippen LogP contribution is -2.36. The number of hydrogen-bond donors (Lipinski definition) is 0. The number of nitrogens with zero attached hydrogens (tertiary/aromatic N) is 8. The summed E-state index contributed by atoms with van der Waals surface area (Å²) < 4.78 is 16.7. The summed E-state index contributed by atoms with van der Waals surface area (Å²) >= 11 is 1.69. The van der Waals surface area contributed by atoms with Crippen LogP contribution in [0.1, 0.15) is 22.2 Å². The number of thiophene rings is 1. The zero-order chi connectivity index (χ0) is 26.5. The summed E-state index contributed by atoms with van der Waals surface area (Å²) in [7, 11) is 3.45. The van der Waals surface area contributed by atoms with Crippen LogP contribution in [0.25, 0.3) is 21.6 Å². The average Bonchev–Trinajstić information content (AvgIpc) is 3.39. The molecular weight excluding hydrogens is 508 g/mol. The maximum absolute atomic E-state index is 11.9. The fourth-order valence-electron chi connectivity index (χ4n) is 3.96. The molecular formula is C25H28N8O4S. The molecule has 1 saturated heterocycles. The highest BCUT2D eigenvalue weighted by Gasteiger charge is 2.21. The van der Waals surface area contributed by atoms with E-state index in [2.05, 4.69) is 30.9 Å². The molecule has 12 nitrogen and oxygen atoms in total. The lowest BCUT2D eigenvalue weighted by molar-refractivity contribution is 0.0525. The number of carbonyl (C=O) groups is 1. The molecule has 5 heterocycles. The third-order valence-electron chi connectivity index (χ3n) is 5.97. The standard InChI is InChI=1S/C25H28N8O4S/c1-4-37-23(34)17-14-26-24(27-15-17)32(2)6-5-18-11-19-20(38-18)22(33-7-9-36-10-8-33)31-21(30-19)16-12-28-25(35-3)29-13-16/h11-15H,4-10H2,1-3H3. The molecule has 4 aromatic heterocycles. The minimum absolute atomic E-state index is 0.296. The molecule has 13 heteroatoms. The molecule has 0 spiro atoms. The van der Waals surface area contributed by atoms with Crippen molar-refractivity contribution in [2.75, 3.05) is 63.4 Å². The predicted octanol–water partition coefficient (Wildman–Crippen LogP) is 2.64. The minimum Gasteiger partial charge on any atom is -0.467 e. The Hall–Kier alpha value is -3.97. The van der Waals surface area contributed by atoms with E-state index in [1.54, 1.807) is 30.7 Å². The lowest BCUT2D eigenvalue weighted by atomic mass is 10.2. The van der Waals surface area contributed by atoms with Crippen molar-refractivity contribution in [3.05, 3.63) is 41.3 Å². The van der Waals surface area contributed by atoms with Gasteiger partial charge >= 0.3 is 12.0 Å². The Balaban J connectivity index is 1.38. The van der Waals surface area contributed by atoms with Crippen molar-refractivity contribution in [3.8, 4) is 17.4 Å². The average molecular weight is 537 g/mol. The maximum atomic E-state index is 11.9. The van der Waals surface area contributed by atoms with Gasteiger partial charge in [0.2, 0.25) is 5.95 Å². The summed E-state index contributed by atoms with van der Waals surface area (Å²) in [6, 6.07) is 2.41. The lowest BCUT2D eigenvalue weighted by Gasteiger charge is -2.28. The first-order chi connectivity index (χ1) is 18.6. The Morgan fingerprint density at radius 1 is 1.11 bits per heavy atom. The number of hydrogen-bond acceptors (Lipinski definition) is 13. The van der Waals surface area contributed by atoms with Gasteiger partial charge in [-0.15, -0.1) is 11.3 Å². The highest BCUT2D eigenvalue weighted by molar-refractivity contribution is 7.19. The molecule has 1 aliphatic heterocycles. The molecule has 0 N–H and O–H groups in total. The molecule has 1 aliphatic rings. The number of aromatic nitrogens is 6. The number of methoxy groups -OCH3 is 1. The third kappa shape index (κ3) is 5.63. The van der Waals surface area contributed by atoms with E-state index in [-0.39, 0.29) is 0 Å². The van der Waals surface area contributed by atoms with E-state index in [4.69, 9.17) is 24.2 Å². The van der Waals surface area contributed by atoms with Crippen LogP contribution in [0.3, 0.4) is 0 Å². The van der Waals surface area contributed by atoms with Crippen molar-refractivity contribution in [2.24, 2.45) is 0 Å². The first-order valence-corrected chi connectivity index (χ1v) is 13.1. The van der Waals surface area contributed by atoms with E-state index < -0.39 is 5.97 Å². The smallest absolute Gasteiger partial charge is 0.341 e. The molecule has 0 unspecified atom stereocenters. The molecule has 0 amide bonds. The van der Waals surface area contributed by atoms with E-state index in [0.29, 0.717) is 49.7 Å². The summed E-state index contributed by atoms with van der Waals surface area (Å²) in [6.45, 7) is 5.60. The summed E-state index contributed by atoms with van der Waals surface area (Å²) in [5.74, 6) is 1.57. The highest BCUT2D eigenvalue weighted by atomic mass is 32.1. The number of anilines is 2. The zero-order valence-corrected chi connectivity index (χ0v) is 22.3. The van der Waals surface area contributed by atoms with Crippen molar-refractivity contribution < 1.29 is 19.0 Å². The second-order valence-corrected chi connectivity index (χ2v) is 9.66. The highest BCUT2D eigenvalue weighted by Crippen LogP contribution is 2.34. The van der Waals surface area contributed by atoms with Crippen LogP contribution in [0.15, 0.2) is 30.9 Å². The fourth-order valence-corrected chi connectivity index (χ4v) is 5.06. The quantitative estimate of drug-likeness (QED) is 0.292. The van der Waals surface area contributed by atoms with Gasteiger partial charge in [0.1, 0.15) is 0 Å². The van der Waals surface area contributed by atoms with Crippen molar-refractivity contribution in [1.29, 1.82) is 0 Å². The second-order valence-electron chi connectivity index (χ2n) is 8.52. The van der Waals surface area contributed by atoms with Crippen LogP contribution in [-0.4, -0.2) is 89.5 Å². The van der Waals surface area contributed by atoms with Gasteiger partial charge in [-0.25, -0.2) is 34.7 Å². The summed E-state index contributed by atoms with van der Waals surface area (Å²) in [5, 5.41) is 0. The fraction of sp³-hybridized carbons (Fsp3) is 0.400.